The third kappa shape index (κ3) is 6.69. The van der Waals surface area contributed by atoms with E-state index < -0.39 is 0 Å². The van der Waals surface area contributed by atoms with E-state index in [1.165, 1.54) is 11.1 Å². The normalized spacial score (nSPS) is 8.95. The molecule has 0 aliphatic rings. The van der Waals surface area contributed by atoms with Crippen molar-refractivity contribution in [1.29, 1.82) is 0 Å². The Balaban J connectivity index is 0.000000324. The van der Waals surface area contributed by atoms with Gasteiger partial charge in [-0.15, -0.1) is 0 Å². The van der Waals surface area contributed by atoms with Crippen molar-refractivity contribution >= 4 is 50.5 Å². The van der Waals surface area contributed by atoms with Crippen molar-refractivity contribution in [1.82, 2.24) is 0 Å². The van der Waals surface area contributed by atoms with E-state index in [-0.39, 0.29) is 16.8 Å². The van der Waals surface area contributed by atoms with E-state index in [0.29, 0.717) is 0 Å². The zero-order chi connectivity index (χ0) is 13.7. The predicted octanol–water partition coefficient (Wildman–Crippen LogP) is 3.61. The first-order chi connectivity index (χ1) is 8.40. The maximum absolute atomic E-state index is 4.94. The SMILES string of the molecule is Cc1ccc([S-])c([S-])c1.Cc1ccc([S-])c([S-])c1.[Co+3]. The van der Waals surface area contributed by atoms with Gasteiger partial charge in [-0.3, -0.25) is 0 Å². The molecule has 102 valence electrons. The van der Waals surface area contributed by atoms with E-state index in [9.17, 15) is 0 Å². The smallest absolute Gasteiger partial charge is 0.781 e. The van der Waals surface area contributed by atoms with Crippen LogP contribution < -0.4 is 0 Å². The second-order valence-corrected chi connectivity index (χ2v) is 5.66. The Morgan fingerprint density at radius 3 is 1.11 bits per heavy atom. The van der Waals surface area contributed by atoms with E-state index in [4.69, 9.17) is 50.5 Å². The van der Waals surface area contributed by atoms with Gasteiger partial charge in [0.05, 0.1) is 0 Å². The number of benzene rings is 2. The zero-order valence-corrected chi connectivity index (χ0v) is 14.7. The van der Waals surface area contributed by atoms with E-state index in [1.807, 2.05) is 50.2 Å². The van der Waals surface area contributed by atoms with E-state index in [1.54, 1.807) is 0 Å². The molecule has 0 bridgehead atoms. The van der Waals surface area contributed by atoms with Crippen molar-refractivity contribution < 1.29 is 16.8 Å². The van der Waals surface area contributed by atoms with Crippen molar-refractivity contribution in [2.45, 2.75) is 33.4 Å². The predicted molar refractivity (Wildman–Crippen MR) is 84.9 cm³/mol. The van der Waals surface area contributed by atoms with Crippen LogP contribution in [-0.2, 0) is 67.3 Å². The van der Waals surface area contributed by atoms with Crippen LogP contribution >= 0.6 is 0 Å². The Kier molecular flexibility index (Phi) is 8.81. The first-order valence-electron chi connectivity index (χ1n) is 5.29. The number of rotatable bonds is 0. The Bertz CT molecular complexity index is 491. The van der Waals surface area contributed by atoms with Crippen LogP contribution in [-0.4, -0.2) is 0 Å². The quantitative estimate of drug-likeness (QED) is 0.652. The second-order valence-electron chi connectivity index (χ2n) is 3.90. The van der Waals surface area contributed by atoms with Gasteiger partial charge < -0.3 is 50.5 Å². The molecule has 19 heavy (non-hydrogen) atoms. The molecule has 0 N–H and O–H groups in total. The van der Waals surface area contributed by atoms with Crippen LogP contribution in [0.15, 0.2) is 56.0 Å². The topological polar surface area (TPSA) is 0 Å². The molecule has 0 amide bonds. The van der Waals surface area contributed by atoms with Gasteiger partial charge in [0.2, 0.25) is 0 Å². The molecule has 0 atom stereocenters. The van der Waals surface area contributed by atoms with Crippen LogP contribution in [0.25, 0.3) is 0 Å². The van der Waals surface area contributed by atoms with Gasteiger partial charge in [-0.05, 0) is 13.8 Å². The molecule has 2 aromatic carbocycles. The largest absolute Gasteiger partial charge is 3.00 e. The molecule has 2 aromatic rings. The van der Waals surface area contributed by atoms with Crippen LogP contribution in [0.3, 0.4) is 0 Å². The fourth-order valence-electron chi connectivity index (χ4n) is 1.23. The molecule has 0 aliphatic carbocycles. The monoisotopic (exact) mass is 367 g/mol. The van der Waals surface area contributed by atoms with Gasteiger partial charge in [0.15, 0.2) is 0 Å². The molecule has 0 spiro atoms. The summed E-state index contributed by atoms with van der Waals surface area (Å²) in [7, 11) is 0. The summed E-state index contributed by atoms with van der Waals surface area (Å²) in [5.74, 6) is 0. The molecule has 0 radical (unpaired) electrons. The van der Waals surface area contributed by atoms with Crippen LogP contribution in [0, 0.1) is 13.8 Å². The van der Waals surface area contributed by atoms with Crippen molar-refractivity contribution in [3.8, 4) is 0 Å². The van der Waals surface area contributed by atoms with Crippen LogP contribution in [0.4, 0.5) is 0 Å². The van der Waals surface area contributed by atoms with Gasteiger partial charge >= 0.3 is 16.8 Å². The molecule has 0 unspecified atom stereocenters. The molecule has 0 saturated carbocycles. The molecule has 0 aliphatic heterocycles. The average molecular weight is 367 g/mol. The fraction of sp³-hybridized carbons (Fsp3) is 0.143. The first-order valence-corrected chi connectivity index (χ1v) is 6.93. The fourth-order valence-corrected chi connectivity index (χ4v) is 1.99. The van der Waals surface area contributed by atoms with Gasteiger partial charge in [0.1, 0.15) is 0 Å². The number of hydrogen-bond donors (Lipinski definition) is 0. The summed E-state index contributed by atoms with van der Waals surface area (Å²) in [4.78, 5) is 3.11. The third-order valence-electron chi connectivity index (χ3n) is 2.20. The third-order valence-corrected chi connectivity index (χ3v) is 3.84. The molecular weight excluding hydrogens is 355 g/mol. The molecule has 0 saturated heterocycles. The molecule has 0 aromatic heterocycles. The van der Waals surface area contributed by atoms with Crippen LogP contribution in [0.1, 0.15) is 11.1 Å². The summed E-state index contributed by atoms with van der Waals surface area (Å²) in [5, 5.41) is 0. The zero-order valence-electron chi connectivity index (χ0n) is 10.4. The van der Waals surface area contributed by atoms with Gasteiger partial charge in [-0.1, -0.05) is 47.5 Å². The Morgan fingerprint density at radius 2 is 0.895 bits per heavy atom. The van der Waals surface area contributed by atoms with Crippen molar-refractivity contribution in [2.75, 3.05) is 0 Å². The van der Waals surface area contributed by atoms with Crippen molar-refractivity contribution in [3.63, 3.8) is 0 Å². The first kappa shape index (κ1) is 18.8. The number of hydrogen-bond acceptors (Lipinski definition) is 4. The minimum Gasteiger partial charge on any atom is -0.781 e. The van der Waals surface area contributed by atoms with E-state index in [2.05, 4.69) is 0 Å². The van der Waals surface area contributed by atoms with Crippen LogP contribution in [0.2, 0.25) is 0 Å². The molecule has 0 nitrogen and oxygen atoms in total. The minimum atomic E-state index is 0. The van der Waals surface area contributed by atoms with Gasteiger partial charge in [-0.25, -0.2) is 0 Å². The summed E-state index contributed by atoms with van der Waals surface area (Å²) in [6.45, 7) is 4.01. The maximum Gasteiger partial charge on any atom is 3.00 e. The number of aryl methyl sites for hydroxylation is 2. The molecule has 2 rings (SSSR count). The molecule has 5 heteroatoms. The summed E-state index contributed by atoms with van der Waals surface area (Å²) < 4.78 is 0. The van der Waals surface area contributed by atoms with E-state index >= 15 is 0 Å². The summed E-state index contributed by atoms with van der Waals surface area (Å²) in [6, 6.07) is 11.5. The van der Waals surface area contributed by atoms with Crippen LogP contribution in [0.5, 0.6) is 0 Å². The standard InChI is InChI=1S/2C7H8S2.Co/c2*1-5-2-3-6(8)7(9)4-5;/h2*2-4,8-9H,1H3;/q;;+3/p-4. The molecule has 0 fully saturated rings. The second kappa shape index (κ2) is 8.89. The van der Waals surface area contributed by atoms with Gasteiger partial charge in [0.25, 0.3) is 0 Å². The maximum atomic E-state index is 4.94. The Labute approximate surface area is 147 Å². The summed E-state index contributed by atoms with van der Waals surface area (Å²) in [6.07, 6.45) is 0. The summed E-state index contributed by atoms with van der Waals surface area (Å²) >= 11 is 19.7. The van der Waals surface area contributed by atoms with E-state index in [0.717, 1.165) is 19.6 Å². The van der Waals surface area contributed by atoms with Crippen molar-refractivity contribution in [3.05, 3.63) is 47.5 Å². The average Bonchev–Trinajstić information content (AvgIpc) is 2.30. The molecule has 0 heterocycles. The minimum absolute atomic E-state index is 0. The van der Waals surface area contributed by atoms with Gasteiger partial charge in [-0.2, -0.15) is 19.6 Å². The Morgan fingerprint density at radius 1 is 0.579 bits per heavy atom. The van der Waals surface area contributed by atoms with Crippen molar-refractivity contribution in [2.24, 2.45) is 0 Å². The molecular formula is C14H12CoS4-. The summed E-state index contributed by atoms with van der Waals surface area (Å²) in [5.41, 5.74) is 2.35. The van der Waals surface area contributed by atoms with Gasteiger partial charge in [0, 0.05) is 0 Å². The Hall–Kier alpha value is -0.174.